The molecule has 0 bridgehead atoms. The quantitative estimate of drug-likeness (QED) is 0.446. The lowest BCUT2D eigenvalue weighted by Crippen LogP contribution is -2.34. The molecule has 0 radical (unpaired) electrons. The van der Waals surface area contributed by atoms with Crippen LogP contribution < -0.4 is 5.73 Å². The van der Waals surface area contributed by atoms with Crippen molar-refractivity contribution < 1.29 is 14.3 Å². The second-order valence-electron chi connectivity index (χ2n) is 2.71. The summed E-state index contributed by atoms with van der Waals surface area (Å²) in [5.74, 6) is -0.353. The van der Waals surface area contributed by atoms with E-state index in [1.807, 2.05) is 0 Å². The van der Waals surface area contributed by atoms with Gasteiger partial charge in [0.05, 0.1) is 19.3 Å². The van der Waals surface area contributed by atoms with E-state index in [9.17, 15) is 9.59 Å². The first-order chi connectivity index (χ1) is 6.61. The van der Waals surface area contributed by atoms with E-state index in [0.29, 0.717) is 0 Å². The molecule has 2 N–H and O–H groups in total. The zero-order chi connectivity index (χ0) is 11.0. The first kappa shape index (κ1) is 12.7. The fourth-order valence-corrected chi connectivity index (χ4v) is 0.719. The Bertz CT molecular complexity index is 236. The van der Waals surface area contributed by atoms with Crippen LogP contribution >= 0.6 is 0 Å². The Kier molecular flexibility index (Phi) is 6.53. The van der Waals surface area contributed by atoms with Crippen LogP contribution in [0.5, 0.6) is 0 Å². The van der Waals surface area contributed by atoms with E-state index in [2.05, 4.69) is 13.2 Å². The SMILES string of the molecule is C=CC(=O)CCOCC(N)C(=O)C=C. The zero-order valence-corrected chi connectivity index (χ0v) is 8.07. The van der Waals surface area contributed by atoms with Gasteiger partial charge in [0.2, 0.25) is 0 Å². The summed E-state index contributed by atoms with van der Waals surface area (Å²) in [6.45, 7) is 6.98. The van der Waals surface area contributed by atoms with Crippen molar-refractivity contribution in [1.82, 2.24) is 0 Å². The maximum atomic E-state index is 10.9. The van der Waals surface area contributed by atoms with Gasteiger partial charge in [-0.25, -0.2) is 0 Å². The Hall–Kier alpha value is -1.26. The van der Waals surface area contributed by atoms with Crippen molar-refractivity contribution in [2.45, 2.75) is 12.5 Å². The average Bonchev–Trinajstić information content (AvgIpc) is 2.22. The number of carbonyl (C=O) groups excluding carboxylic acids is 2. The third-order valence-corrected chi connectivity index (χ3v) is 1.58. The van der Waals surface area contributed by atoms with Crippen LogP contribution in [0, 0.1) is 0 Å². The summed E-state index contributed by atoms with van der Waals surface area (Å²) in [6.07, 6.45) is 2.65. The number of hydrogen-bond donors (Lipinski definition) is 1. The molecular weight excluding hydrogens is 182 g/mol. The van der Waals surface area contributed by atoms with Gasteiger partial charge >= 0.3 is 0 Å². The number of hydrogen-bond acceptors (Lipinski definition) is 4. The second-order valence-corrected chi connectivity index (χ2v) is 2.71. The van der Waals surface area contributed by atoms with E-state index >= 15 is 0 Å². The van der Waals surface area contributed by atoms with E-state index in [-0.39, 0.29) is 31.2 Å². The second kappa shape index (κ2) is 7.17. The minimum absolute atomic E-state index is 0.0892. The van der Waals surface area contributed by atoms with Crippen LogP contribution in [0.3, 0.4) is 0 Å². The summed E-state index contributed by atoms with van der Waals surface area (Å²) >= 11 is 0. The molecule has 0 aromatic carbocycles. The Labute approximate surface area is 83.4 Å². The van der Waals surface area contributed by atoms with Crippen LogP contribution in [-0.2, 0) is 14.3 Å². The molecule has 0 amide bonds. The number of allylic oxidation sites excluding steroid dienone is 1. The molecule has 0 aliphatic carbocycles. The molecule has 14 heavy (non-hydrogen) atoms. The Morgan fingerprint density at radius 2 is 2.00 bits per heavy atom. The van der Waals surface area contributed by atoms with Gasteiger partial charge in [0.1, 0.15) is 0 Å². The van der Waals surface area contributed by atoms with Crippen LogP contribution in [0.2, 0.25) is 0 Å². The molecule has 0 aliphatic rings. The first-order valence-corrected chi connectivity index (χ1v) is 4.26. The molecular formula is C10H15NO3. The summed E-state index contributed by atoms with van der Waals surface area (Å²) in [5.41, 5.74) is 5.43. The molecule has 4 nitrogen and oxygen atoms in total. The number of nitrogens with two attached hydrogens (primary N) is 1. The molecule has 0 aliphatic heterocycles. The van der Waals surface area contributed by atoms with Gasteiger partial charge in [0.15, 0.2) is 11.6 Å². The van der Waals surface area contributed by atoms with E-state index in [1.54, 1.807) is 0 Å². The summed E-state index contributed by atoms with van der Waals surface area (Å²) in [6, 6.07) is -0.689. The van der Waals surface area contributed by atoms with E-state index in [4.69, 9.17) is 10.5 Å². The molecule has 0 spiro atoms. The van der Waals surface area contributed by atoms with Gasteiger partial charge in [-0.05, 0) is 12.2 Å². The monoisotopic (exact) mass is 197 g/mol. The lowest BCUT2D eigenvalue weighted by molar-refractivity contribution is -0.117. The maximum Gasteiger partial charge on any atom is 0.174 e. The van der Waals surface area contributed by atoms with E-state index in [1.165, 1.54) is 6.08 Å². The predicted molar refractivity (Wildman–Crippen MR) is 53.8 cm³/mol. The Balaban J connectivity index is 3.54. The van der Waals surface area contributed by atoms with Crippen LogP contribution in [-0.4, -0.2) is 30.8 Å². The van der Waals surface area contributed by atoms with Crippen molar-refractivity contribution in [3.63, 3.8) is 0 Å². The Morgan fingerprint density at radius 3 is 2.50 bits per heavy atom. The number of ether oxygens (including phenoxy) is 1. The third-order valence-electron chi connectivity index (χ3n) is 1.58. The highest BCUT2D eigenvalue weighted by molar-refractivity contribution is 5.93. The number of rotatable bonds is 8. The third kappa shape index (κ3) is 5.40. The molecule has 0 rings (SSSR count). The summed E-state index contributed by atoms with van der Waals surface area (Å²) in [4.78, 5) is 21.6. The van der Waals surface area contributed by atoms with Crippen molar-refractivity contribution in [2.75, 3.05) is 13.2 Å². The smallest absolute Gasteiger partial charge is 0.174 e. The van der Waals surface area contributed by atoms with Crippen molar-refractivity contribution in [1.29, 1.82) is 0 Å². The lowest BCUT2D eigenvalue weighted by Gasteiger charge is -2.07. The topological polar surface area (TPSA) is 69.4 Å². The van der Waals surface area contributed by atoms with Crippen molar-refractivity contribution in [3.05, 3.63) is 25.3 Å². The van der Waals surface area contributed by atoms with Crippen LogP contribution in [0.15, 0.2) is 25.3 Å². The van der Waals surface area contributed by atoms with E-state index < -0.39 is 6.04 Å². The molecule has 1 unspecified atom stereocenters. The molecule has 4 heteroatoms. The zero-order valence-electron chi connectivity index (χ0n) is 8.07. The summed E-state index contributed by atoms with van der Waals surface area (Å²) < 4.78 is 5.03. The first-order valence-electron chi connectivity index (χ1n) is 4.26. The van der Waals surface area contributed by atoms with Crippen LogP contribution in [0.4, 0.5) is 0 Å². The molecule has 0 aromatic heterocycles. The fraction of sp³-hybridized carbons (Fsp3) is 0.400. The summed E-state index contributed by atoms with van der Waals surface area (Å²) in [7, 11) is 0. The molecule has 0 fully saturated rings. The molecule has 0 heterocycles. The molecule has 1 atom stereocenters. The van der Waals surface area contributed by atoms with Gasteiger partial charge in [-0.2, -0.15) is 0 Å². The van der Waals surface area contributed by atoms with Gasteiger partial charge < -0.3 is 10.5 Å². The lowest BCUT2D eigenvalue weighted by atomic mass is 10.2. The normalized spacial score (nSPS) is 11.8. The summed E-state index contributed by atoms with van der Waals surface area (Å²) in [5, 5.41) is 0. The van der Waals surface area contributed by atoms with Gasteiger partial charge in [-0.1, -0.05) is 13.2 Å². The number of carbonyl (C=O) groups is 2. The van der Waals surface area contributed by atoms with Crippen LogP contribution in [0.25, 0.3) is 0 Å². The molecule has 0 aromatic rings. The minimum atomic E-state index is -0.689. The minimum Gasteiger partial charge on any atom is -0.379 e. The Morgan fingerprint density at radius 1 is 1.36 bits per heavy atom. The molecule has 0 saturated carbocycles. The van der Waals surface area contributed by atoms with Crippen molar-refractivity contribution >= 4 is 11.6 Å². The van der Waals surface area contributed by atoms with Crippen molar-refractivity contribution in [3.8, 4) is 0 Å². The highest BCUT2D eigenvalue weighted by Gasteiger charge is 2.09. The average molecular weight is 197 g/mol. The highest BCUT2D eigenvalue weighted by atomic mass is 16.5. The number of ketones is 2. The van der Waals surface area contributed by atoms with E-state index in [0.717, 1.165) is 6.08 Å². The van der Waals surface area contributed by atoms with Gasteiger partial charge in [-0.15, -0.1) is 0 Å². The van der Waals surface area contributed by atoms with Gasteiger partial charge in [0, 0.05) is 6.42 Å². The van der Waals surface area contributed by atoms with Crippen LogP contribution in [0.1, 0.15) is 6.42 Å². The predicted octanol–water partition coefficient (Wildman–Crippen LogP) is 0.231. The molecule has 78 valence electrons. The van der Waals surface area contributed by atoms with Gasteiger partial charge in [-0.3, -0.25) is 9.59 Å². The largest absolute Gasteiger partial charge is 0.379 e. The van der Waals surface area contributed by atoms with Gasteiger partial charge in [0.25, 0.3) is 0 Å². The highest BCUT2D eigenvalue weighted by Crippen LogP contribution is 1.90. The molecule has 0 saturated heterocycles. The standard InChI is InChI=1S/C10H15NO3/c1-3-8(12)5-6-14-7-9(11)10(13)4-2/h3-4,9H,1-2,5-7,11H2. The maximum absolute atomic E-state index is 10.9. The van der Waals surface area contributed by atoms with Crippen molar-refractivity contribution in [2.24, 2.45) is 5.73 Å². The fourth-order valence-electron chi connectivity index (χ4n) is 0.719.